The fourth-order valence-electron chi connectivity index (χ4n) is 4.96. The van der Waals surface area contributed by atoms with E-state index in [0.29, 0.717) is 37.3 Å². The maximum absolute atomic E-state index is 13.3. The lowest BCUT2D eigenvalue weighted by Crippen LogP contribution is -2.51. The van der Waals surface area contributed by atoms with Gasteiger partial charge in [0.05, 0.1) is 12.6 Å². The van der Waals surface area contributed by atoms with E-state index in [1.807, 2.05) is 69.3 Å². The molecule has 0 aliphatic carbocycles. The standard InChI is InChI=1S/C30H40ClN3O5/c1-4-5-14-25(28(37)33-24(19-35)17-21-15-16-32-27(21)36)34-29(38)39-26(20-10-7-6-8-11-20)30(2,3)22-12-9-13-23(31)18-22/h6-13,18,21,24-26,35H,4-5,14-17,19H2,1-3H3,(H,32,36)(H,33,37)(H,34,38)/t21-,24+,25+,26?/m1/s1. The molecule has 2 aromatic carbocycles. The fraction of sp³-hybridized carbons (Fsp3) is 0.500. The van der Waals surface area contributed by atoms with Crippen LogP contribution in [0.15, 0.2) is 54.6 Å². The molecule has 8 nitrogen and oxygen atoms in total. The second-order valence-electron chi connectivity index (χ2n) is 10.7. The molecular formula is C30H40ClN3O5. The summed E-state index contributed by atoms with van der Waals surface area (Å²) in [5.41, 5.74) is 1.07. The summed E-state index contributed by atoms with van der Waals surface area (Å²) in [5.74, 6) is -0.737. The smallest absolute Gasteiger partial charge is 0.408 e. The Labute approximate surface area is 235 Å². The summed E-state index contributed by atoms with van der Waals surface area (Å²) < 4.78 is 6.03. The van der Waals surface area contributed by atoms with Crippen molar-refractivity contribution in [3.8, 4) is 0 Å². The number of carbonyl (C=O) groups excluding carboxylic acids is 3. The molecule has 39 heavy (non-hydrogen) atoms. The number of hydrogen-bond acceptors (Lipinski definition) is 5. The maximum Gasteiger partial charge on any atom is 0.408 e. The molecule has 3 rings (SSSR count). The van der Waals surface area contributed by atoms with Gasteiger partial charge in [-0.1, -0.05) is 87.7 Å². The third-order valence-electron chi connectivity index (χ3n) is 7.30. The first-order chi connectivity index (χ1) is 18.6. The van der Waals surface area contributed by atoms with Gasteiger partial charge in [0.15, 0.2) is 0 Å². The first-order valence-electron chi connectivity index (χ1n) is 13.6. The van der Waals surface area contributed by atoms with Crippen LogP contribution in [0.3, 0.4) is 0 Å². The predicted molar refractivity (Wildman–Crippen MR) is 151 cm³/mol. The SMILES string of the molecule is CCCC[C@H](NC(=O)OC(c1ccccc1)C(C)(C)c1cccc(Cl)c1)C(=O)N[C@H](CO)C[C@H]1CCNC1=O. The molecule has 3 amide bonds. The predicted octanol–water partition coefficient (Wildman–Crippen LogP) is 4.65. The van der Waals surface area contributed by atoms with Crippen LogP contribution in [-0.4, -0.2) is 48.2 Å². The minimum atomic E-state index is -0.852. The second-order valence-corrected chi connectivity index (χ2v) is 11.1. The van der Waals surface area contributed by atoms with Crippen LogP contribution in [0.2, 0.25) is 5.02 Å². The van der Waals surface area contributed by atoms with Crippen molar-refractivity contribution in [2.45, 2.75) is 76.5 Å². The number of alkyl carbamates (subject to hydrolysis) is 1. The Morgan fingerprint density at radius 1 is 1.15 bits per heavy atom. The largest absolute Gasteiger partial charge is 0.440 e. The van der Waals surface area contributed by atoms with Crippen molar-refractivity contribution in [3.63, 3.8) is 0 Å². The maximum atomic E-state index is 13.3. The zero-order chi connectivity index (χ0) is 28.4. The quantitative estimate of drug-likeness (QED) is 0.286. The van der Waals surface area contributed by atoms with Crippen molar-refractivity contribution >= 4 is 29.5 Å². The van der Waals surface area contributed by atoms with Crippen molar-refractivity contribution in [1.82, 2.24) is 16.0 Å². The number of aliphatic hydroxyl groups excluding tert-OH is 1. The number of benzene rings is 2. The summed E-state index contributed by atoms with van der Waals surface area (Å²) in [4.78, 5) is 38.5. The number of hydrogen-bond donors (Lipinski definition) is 4. The molecule has 1 fully saturated rings. The first kappa shape index (κ1) is 30.4. The number of carbonyl (C=O) groups is 3. The van der Waals surface area contributed by atoms with Crippen molar-refractivity contribution in [1.29, 1.82) is 0 Å². The molecule has 1 aliphatic rings. The lowest BCUT2D eigenvalue weighted by molar-refractivity contribution is -0.126. The highest BCUT2D eigenvalue weighted by molar-refractivity contribution is 6.30. The van der Waals surface area contributed by atoms with Crippen LogP contribution in [0, 0.1) is 5.92 Å². The van der Waals surface area contributed by atoms with E-state index >= 15 is 0 Å². The van der Waals surface area contributed by atoms with Crippen LogP contribution in [0.25, 0.3) is 0 Å². The van der Waals surface area contributed by atoms with Gasteiger partial charge in [-0.05, 0) is 42.5 Å². The van der Waals surface area contributed by atoms with Crippen LogP contribution in [0.5, 0.6) is 0 Å². The molecule has 0 aromatic heterocycles. The number of rotatable bonds is 13. The van der Waals surface area contributed by atoms with Crippen LogP contribution in [0.4, 0.5) is 4.79 Å². The van der Waals surface area contributed by atoms with Gasteiger partial charge in [-0.25, -0.2) is 4.79 Å². The average molecular weight is 558 g/mol. The number of amides is 3. The summed E-state index contributed by atoms with van der Waals surface area (Å²) in [6.45, 7) is 6.26. The molecule has 0 spiro atoms. The number of nitrogens with one attached hydrogen (secondary N) is 3. The molecule has 0 bridgehead atoms. The Morgan fingerprint density at radius 2 is 1.90 bits per heavy atom. The Balaban J connectivity index is 1.75. The zero-order valence-electron chi connectivity index (χ0n) is 22.9. The topological polar surface area (TPSA) is 117 Å². The van der Waals surface area contributed by atoms with Crippen LogP contribution < -0.4 is 16.0 Å². The van der Waals surface area contributed by atoms with E-state index in [1.165, 1.54) is 0 Å². The average Bonchev–Trinajstić information content (AvgIpc) is 3.33. The summed E-state index contributed by atoms with van der Waals surface area (Å²) >= 11 is 6.27. The summed E-state index contributed by atoms with van der Waals surface area (Å²) in [6, 6.07) is 15.5. The van der Waals surface area contributed by atoms with Gasteiger partial charge in [-0.3, -0.25) is 9.59 Å². The van der Waals surface area contributed by atoms with Crippen molar-refractivity contribution in [3.05, 3.63) is 70.7 Å². The molecule has 0 radical (unpaired) electrons. The van der Waals surface area contributed by atoms with E-state index in [2.05, 4.69) is 16.0 Å². The van der Waals surface area contributed by atoms with E-state index in [-0.39, 0.29) is 18.4 Å². The normalized spacial score (nSPS) is 17.6. The third-order valence-corrected chi connectivity index (χ3v) is 7.54. The molecule has 9 heteroatoms. The van der Waals surface area contributed by atoms with Gasteiger partial charge < -0.3 is 25.8 Å². The molecule has 4 N–H and O–H groups in total. The molecule has 212 valence electrons. The molecule has 2 aromatic rings. The summed E-state index contributed by atoms with van der Waals surface area (Å²) in [6.07, 6.45) is 1.57. The zero-order valence-corrected chi connectivity index (χ0v) is 23.7. The van der Waals surface area contributed by atoms with Gasteiger partial charge in [0.25, 0.3) is 0 Å². The van der Waals surface area contributed by atoms with Crippen LogP contribution >= 0.6 is 11.6 Å². The highest BCUT2D eigenvalue weighted by atomic mass is 35.5. The van der Waals surface area contributed by atoms with E-state index in [0.717, 1.165) is 17.5 Å². The number of ether oxygens (including phenoxy) is 1. The molecule has 0 saturated carbocycles. The van der Waals surface area contributed by atoms with Gasteiger partial charge in [-0.2, -0.15) is 0 Å². The number of halogens is 1. The number of unbranched alkanes of at least 4 members (excludes halogenated alkanes) is 1. The Hall–Kier alpha value is -3.10. The lowest BCUT2D eigenvalue weighted by Gasteiger charge is -2.35. The Bertz CT molecular complexity index is 1110. The molecule has 4 atom stereocenters. The van der Waals surface area contributed by atoms with E-state index in [9.17, 15) is 19.5 Å². The van der Waals surface area contributed by atoms with Crippen LogP contribution in [0.1, 0.15) is 70.1 Å². The fourth-order valence-corrected chi connectivity index (χ4v) is 5.15. The van der Waals surface area contributed by atoms with Gasteiger partial charge in [-0.15, -0.1) is 0 Å². The second kappa shape index (κ2) is 14.3. The molecule has 1 heterocycles. The van der Waals surface area contributed by atoms with Gasteiger partial charge in [0, 0.05) is 22.9 Å². The summed E-state index contributed by atoms with van der Waals surface area (Å²) in [7, 11) is 0. The van der Waals surface area contributed by atoms with Crippen molar-refractivity contribution < 1.29 is 24.2 Å². The Morgan fingerprint density at radius 3 is 2.51 bits per heavy atom. The van der Waals surface area contributed by atoms with E-state index in [1.54, 1.807) is 6.07 Å². The molecule has 1 aliphatic heterocycles. The Kier molecular flexibility index (Phi) is 11.2. The summed E-state index contributed by atoms with van der Waals surface area (Å²) in [5, 5.41) is 18.8. The van der Waals surface area contributed by atoms with Gasteiger partial charge in [0.1, 0.15) is 12.1 Å². The van der Waals surface area contributed by atoms with Gasteiger partial charge in [0.2, 0.25) is 11.8 Å². The highest BCUT2D eigenvalue weighted by Crippen LogP contribution is 2.40. The lowest BCUT2D eigenvalue weighted by atomic mass is 9.76. The van der Waals surface area contributed by atoms with E-state index in [4.69, 9.17) is 16.3 Å². The molecule has 1 unspecified atom stereocenters. The van der Waals surface area contributed by atoms with Gasteiger partial charge >= 0.3 is 6.09 Å². The van der Waals surface area contributed by atoms with Crippen molar-refractivity contribution in [2.75, 3.05) is 13.2 Å². The first-order valence-corrected chi connectivity index (χ1v) is 14.0. The van der Waals surface area contributed by atoms with Crippen LogP contribution in [-0.2, 0) is 19.7 Å². The third kappa shape index (κ3) is 8.44. The minimum absolute atomic E-state index is 0.0683. The minimum Gasteiger partial charge on any atom is -0.440 e. The monoisotopic (exact) mass is 557 g/mol. The van der Waals surface area contributed by atoms with E-state index < -0.39 is 35.6 Å². The highest BCUT2D eigenvalue weighted by Gasteiger charge is 2.37. The van der Waals surface area contributed by atoms with Crippen molar-refractivity contribution in [2.24, 2.45) is 5.92 Å². The molecule has 1 saturated heterocycles. The molecular weight excluding hydrogens is 518 g/mol. The number of aliphatic hydroxyl groups is 1.